The van der Waals surface area contributed by atoms with Crippen molar-refractivity contribution in [2.24, 2.45) is 0 Å². The molecule has 0 saturated carbocycles. The summed E-state index contributed by atoms with van der Waals surface area (Å²) in [6.07, 6.45) is 3.83. The van der Waals surface area contributed by atoms with Crippen LogP contribution in [0.5, 0.6) is 0 Å². The lowest BCUT2D eigenvalue weighted by Crippen LogP contribution is -2.14. The maximum Gasteiger partial charge on any atom is 0.0886 e. The number of benzene rings is 6. The molecule has 0 saturated heterocycles. The van der Waals surface area contributed by atoms with E-state index in [1.54, 1.807) is 0 Å². The Balaban J connectivity index is 1.34. The van der Waals surface area contributed by atoms with Crippen molar-refractivity contribution in [2.75, 3.05) is 0 Å². The van der Waals surface area contributed by atoms with Crippen LogP contribution in [0.3, 0.4) is 0 Å². The number of rotatable bonds is 4. The van der Waals surface area contributed by atoms with Gasteiger partial charge in [-0.05, 0) is 102 Å². The van der Waals surface area contributed by atoms with E-state index in [0.29, 0.717) is 0 Å². The predicted octanol–water partition coefficient (Wildman–Crippen LogP) is 11.8. The molecule has 2 nitrogen and oxygen atoms in total. The summed E-state index contributed by atoms with van der Waals surface area (Å²) in [4.78, 5) is 9.46. The highest BCUT2D eigenvalue weighted by atomic mass is 14.8. The van der Waals surface area contributed by atoms with Crippen LogP contribution in [0.1, 0.15) is 25.0 Å². The second-order valence-corrected chi connectivity index (χ2v) is 13.0. The fourth-order valence-electron chi connectivity index (χ4n) is 7.66. The molecule has 1 aliphatic rings. The molecular formula is C45H32N2. The van der Waals surface area contributed by atoms with E-state index in [1.807, 2.05) is 30.6 Å². The monoisotopic (exact) mass is 600 g/mol. The second-order valence-electron chi connectivity index (χ2n) is 13.0. The fourth-order valence-corrected chi connectivity index (χ4v) is 7.66. The van der Waals surface area contributed by atoms with Crippen LogP contribution in [-0.2, 0) is 5.41 Å². The average molecular weight is 601 g/mol. The largest absolute Gasteiger partial charge is 0.255 e. The topological polar surface area (TPSA) is 25.8 Å². The van der Waals surface area contributed by atoms with E-state index < -0.39 is 0 Å². The standard InChI is InChI=1S/C45H32N2/c1-45(2)39-17-9-8-14-33(39)36-26-37-38(27-40(36)45)43(31-21-19-30(20-22-31)29-12-4-3-5-13-29)34-15-6-7-16-35(34)44(37)32-23-24-42(47-28-32)41-18-10-11-25-46-41/h3-28H,1-2H3. The summed E-state index contributed by atoms with van der Waals surface area (Å²) >= 11 is 0. The lowest BCUT2D eigenvalue weighted by atomic mass is 9.79. The van der Waals surface area contributed by atoms with E-state index in [2.05, 4.69) is 146 Å². The molecule has 0 bridgehead atoms. The quantitative estimate of drug-likeness (QED) is 0.188. The number of nitrogens with zero attached hydrogens (tertiary/aromatic N) is 2. The first kappa shape index (κ1) is 27.5. The molecule has 2 heterocycles. The highest BCUT2D eigenvalue weighted by Gasteiger charge is 2.36. The molecule has 0 fully saturated rings. The smallest absolute Gasteiger partial charge is 0.0886 e. The number of fused-ring (bicyclic) bond motifs is 5. The molecule has 1 aliphatic carbocycles. The van der Waals surface area contributed by atoms with Crippen LogP contribution in [0, 0.1) is 0 Å². The maximum absolute atomic E-state index is 4.93. The van der Waals surface area contributed by atoms with Gasteiger partial charge in [0.05, 0.1) is 11.4 Å². The Hall–Kier alpha value is -5.86. The number of pyridine rings is 2. The Labute approximate surface area is 275 Å². The van der Waals surface area contributed by atoms with Gasteiger partial charge in [-0.1, -0.05) is 129 Å². The average Bonchev–Trinajstić information content (AvgIpc) is 3.36. The molecule has 9 rings (SSSR count). The molecule has 0 spiro atoms. The molecule has 8 aromatic rings. The van der Waals surface area contributed by atoms with Gasteiger partial charge in [-0.15, -0.1) is 0 Å². The first-order chi connectivity index (χ1) is 23.1. The van der Waals surface area contributed by atoms with Crippen LogP contribution in [0.4, 0.5) is 0 Å². The van der Waals surface area contributed by atoms with Gasteiger partial charge in [-0.25, -0.2) is 0 Å². The van der Waals surface area contributed by atoms with Gasteiger partial charge in [0.15, 0.2) is 0 Å². The zero-order valence-electron chi connectivity index (χ0n) is 26.4. The SMILES string of the molecule is CC1(C)c2ccccc2-c2cc3c(-c4ccc(-c5ccccn5)nc4)c4ccccc4c(-c4ccc(-c5ccccc5)cc4)c3cc21. The Morgan fingerprint density at radius 2 is 1.00 bits per heavy atom. The summed E-state index contributed by atoms with van der Waals surface area (Å²) in [6, 6.07) is 52.7. The van der Waals surface area contributed by atoms with Crippen molar-refractivity contribution in [3.63, 3.8) is 0 Å². The van der Waals surface area contributed by atoms with Gasteiger partial charge in [-0.3, -0.25) is 9.97 Å². The minimum Gasteiger partial charge on any atom is -0.255 e. The zero-order valence-corrected chi connectivity index (χ0v) is 26.4. The van der Waals surface area contributed by atoms with Crippen LogP contribution in [-0.4, -0.2) is 9.97 Å². The Bertz CT molecular complexity index is 2440. The summed E-state index contributed by atoms with van der Waals surface area (Å²) in [5.41, 5.74) is 14.3. The maximum atomic E-state index is 4.93. The van der Waals surface area contributed by atoms with Crippen molar-refractivity contribution in [2.45, 2.75) is 19.3 Å². The number of hydrogen-bond acceptors (Lipinski definition) is 2. The molecule has 0 atom stereocenters. The van der Waals surface area contributed by atoms with E-state index in [0.717, 1.165) is 17.0 Å². The van der Waals surface area contributed by atoms with Crippen molar-refractivity contribution >= 4 is 21.5 Å². The lowest BCUT2D eigenvalue weighted by molar-refractivity contribution is 0.661. The minimum absolute atomic E-state index is 0.105. The molecule has 0 N–H and O–H groups in total. The third-order valence-electron chi connectivity index (χ3n) is 9.99. The molecule has 0 radical (unpaired) electrons. The molecule has 222 valence electrons. The Morgan fingerprint density at radius 3 is 1.72 bits per heavy atom. The van der Waals surface area contributed by atoms with Crippen LogP contribution in [0.15, 0.2) is 158 Å². The molecule has 0 unspecified atom stereocenters. The minimum atomic E-state index is -0.105. The summed E-state index contributed by atoms with van der Waals surface area (Å²) in [5.74, 6) is 0. The highest BCUT2D eigenvalue weighted by molar-refractivity contribution is 6.22. The molecule has 2 aromatic heterocycles. The van der Waals surface area contributed by atoms with Gasteiger partial charge < -0.3 is 0 Å². The van der Waals surface area contributed by atoms with Crippen molar-refractivity contribution < 1.29 is 0 Å². The van der Waals surface area contributed by atoms with Crippen LogP contribution in [0.2, 0.25) is 0 Å². The van der Waals surface area contributed by atoms with Crippen molar-refractivity contribution in [3.8, 4) is 55.9 Å². The summed E-state index contributed by atoms with van der Waals surface area (Å²) in [6.45, 7) is 4.72. The van der Waals surface area contributed by atoms with Gasteiger partial charge in [0, 0.05) is 23.4 Å². The van der Waals surface area contributed by atoms with Gasteiger partial charge in [0.2, 0.25) is 0 Å². The second kappa shape index (κ2) is 10.6. The third-order valence-corrected chi connectivity index (χ3v) is 9.99. The first-order valence-electron chi connectivity index (χ1n) is 16.2. The van der Waals surface area contributed by atoms with Gasteiger partial charge in [0.1, 0.15) is 0 Å². The Morgan fingerprint density at radius 1 is 0.404 bits per heavy atom. The highest BCUT2D eigenvalue weighted by Crippen LogP contribution is 2.53. The molecule has 2 heteroatoms. The number of aromatic nitrogens is 2. The van der Waals surface area contributed by atoms with Gasteiger partial charge in [0.25, 0.3) is 0 Å². The van der Waals surface area contributed by atoms with E-state index in [1.165, 1.54) is 71.6 Å². The molecule has 0 amide bonds. The van der Waals surface area contributed by atoms with E-state index in [4.69, 9.17) is 4.98 Å². The lowest BCUT2D eigenvalue weighted by Gasteiger charge is -2.24. The molecule has 47 heavy (non-hydrogen) atoms. The number of hydrogen-bond donors (Lipinski definition) is 0. The van der Waals surface area contributed by atoms with E-state index >= 15 is 0 Å². The predicted molar refractivity (Wildman–Crippen MR) is 196 cm³/mol. The normalized spacial score (nSPS) is 13.1. The Kier molecular flexibility index (Phi) is 6.20. The van der Waals surface area contributed by atoms with Gasteiger partial charge in [-0.2, -0.15) is 0 Å². The molecule has 0 aliphatic heterocycles. The third kappa shape index (κ3) is 4.33. The summed E-state index contributed by atoms with van der Waals surface area (Å²) in [5, 5.41) is 4.97. The first-order valence-corrected chi connectivity index (χ1v) is 16.2. The van der Waals surface area contributed by atoms with E-state index in [-0.39, 0.29) is 5.41 Å². The molecular weight excluding hydrogens is 569 g/mol. The van der Waals surface area contributed by atoms with Crippen molar-refractivity contribution in [1.82, 2.24) is 9.97 Å². The van der Waals surface area contributed by atoms with Crippen molar-refractivity contribution in [1.29, 1.82) is 0 Å². The van der Waals surface area contributed by atoms with Crippen LogP contribution < -0.4 is 0 Å². The van der Waals surface area contributed by atoms with E-state index in [9.17, 15) is 0 Å². The van der Waals surface area contributed by atoms with Crippen LogP contribution >= 0.6 is 0 Å². The molecule has 6 aromatic carbocycles. The fraction of sp³-hybridized carbons (Fsp3) is 0.0667. The summed E-state index contributed by atoms with van der Waals surface area (Å²) < 4.78 is 0. The van der Waals surface area contributed by atoms with Gasteiger partial charge >= 0.3 is 0 Å². The van der Waals surface area contributed by atoms with Crippen molar-refractivity contribution in [3.05, 3.63) is 169 Å². The zero-order chi connectivity index (χ0) is 31.5. The van der Waals surface area contributed by atoms with Crippen LogP contribution in [0.25, 0.3) is 77.4 Å². The summed E-state index contributed by atoms with van der Waals surface area (Å²) in [7, 11) is 0.